The van der Waals surface area contributed by atoms with Crippen molar-refractivity contribution in [2.75, 3.05) is 0 Å². The van der Waals surface area contributed by atoms with Crippen molar-refractivity contribution in [3.63, 3.8) is 0 Å². The quantitative estimate of drug-likeness (QED) is 0.589. The molecule has 5 heteroatoms. The van der Waals surface area contributed by atoms with Gasteiger partial charge in [-0.1, -0.05) is 17.7 Å². The minimum Gasteiger partial charge on any atom is -0.452 e. The molecule has 106 valence electrons. The number of alkyl halides is 1. The van der Waals surface area contributed by atoms with Gasteiger partial charge in [0.05, 0.1) is 5.02 Å². The van der Waals surface area contributed by atoms with Crippen LogP contribution in [0.3, 0.4) is 0 Å². The molecule has 0 saturated heterocycles. The fourth-order valence-corrected chi connectivity index (χ4v) is 2.40. The van der Waals surface area contributed by atoms with Crippen LogP contribution in [0.4, 0.5) is 4.39 Å². The second-order valence-electron chi connectivity index (χ2n) is 4.45. The highest BCUT2D eigenvalue weighted by Crippen LogP contribution is 2.33. The SMILES string of the molecule is Fc1cc(CCl)ccc1Oc1ccc(Cl)c2cccnc12. The summed E-state index contributed by atoms with van der Waals surface area (Å²) in [6, 6.07) is 11.6. The molecule has 3 rings (SSSR count). The molecule has 0 aliphatic heterocycles. The second-order valence-corrected chi connectivity index (χ2v) is 5.12. The summed E-state index contributed by atoms with van der Waals surface area (Å²) in [5.74, 6) is 0.362. The van der Waals surface area contributed by atoms with Gasteiger partial charge < -0.3 is 4.74 Å². The van der Waals surface area contributed by atoms with Crippen LogP contribution in [-0.2, 0) is 5.88 Å². The Labute approximate surface area is 131 Å². The number of hydrogen-bond acceptors (Lipinski definition) is 2. The van der Waals surface area contributed by atoms with E-state index >= 15 is 0 Å². The fraction of sp³-hybridized carbons (Fsp3) is 0.0625. The van der Waals surface area contributed by atoms with Crippen molar-refractivity contribution in [1.29, 1.82) is 0 Å². The topological polar surface area (TPSA) is 22.1 Å². The van der Waals surface area contributed by atoms with Gasteiger partial charge in [0.15, 0.2) is 17.3 Å². The summed E-state index contributed by atoms with van der Waals surface area (Å²) < 4.78 is 19.6. The zero-order valence-corrected chi connectivity index (χ0v) is 12.3. The third kappa shape index (κ3) is 2.80. The van der Waals surface area contributed by atoms with Crippen LogP contribution in [0.1, 0.15) is 5.56 Å². The maximum atomic E-state index is 14.0. The molecule has 2 aromatic carbocycles. The molecular weight excluding hydrogens is 312 g/mol. The predicted molar refractivity (Wildman–Crippen MR) is 82.8 cm³/mol. The first-order valence-electron chi connectivity index (χ1n) is 6.24. The molecular formula is C16H10Cl2FNO. The normalized spacial score (nSPS) is 10.8. The van der Waals surface area contributed by atoms with Gasteiger partial charge in [0.2, 0.25) is 0 Å². The van der Waals surface area contributed by atoms with E-state index in [1.54, 1.807) is 36.5 Å². The highest BCUT2D eigenvalue weighted by atomic mass is 35.5. The fourth-order valence-electron chi connectivity index (χ4n) is 2.02. The van der Waals surface area contributed by atoms with Gasteiger partial charge in [-0.25, -0.2) is 4.39 Å². The molecule has 0 aliphatic rings. The second kappa shape index (κ2) is 5.88. The van der Waals surface area contributed by atoms with Crippen LogP contribution < -0.4 is 4.74 Å². The van der Waals surface area contributed by atoms with Gasteiger partial charge in [-0.3, -0.25) is 4.98 Å². The summed E-state index contributed by atoms with van der Waals surface area (Å²) in [7, 11) is 0. The Morgan fingerprint density at radius 2 is 1.90 bits per heavy atom. The minimum absolute atomic E-state index is 0.123. The van der Waals surface area contributed by atoms with Gasteiger partial charge in [-0.05, 0) is 42.0 Å². The van der Waals surface area contributed by atoms with Crippen molar-refractivity contribution >= 4 is 34.1 Å². The molecule has 0 atom stereocenters. The van der Waals surface area contributed by atoms with Crippen molar-refractivity contribution in [2.24, 2.45) is 0 Å². The Hall–Kier alpha value is -1.84. The molecule has 1 aromatic heterocycles. The standard InChI is InChI=1S/C16H10Cl2FNO/c17-9-10-3-5-14(13(19)8-10)21-15-6-4-12(18)11-2-1-7-20-16(11)15/h1-8H,9H2. The molecule has 1 heterocycles. The highest BCUT2D eigenvalue weighted by Gasteiger charge is 2.11. The molecule has 0 bridgehead atoms. The zero-order valence-electron chi connectivity index (χ0n) is 10.8. The molecule has 0 fully saturated rings. The van der Waals surface area contributed by atoms with E-state index in [9.17, 15) is 4.39 Å². The van der Waals surface area contributed by atoms with Crippen molar-refractivity contribution in [3.05, 3.63) is 65.1 Å². The molecule has 0 N–H and O–H groups in total. The maximum Gasteiger partial charge on any atom is 0.166 e. The third-order valence-corrected chi connectivity index (χ3v) is 3.69. The lowest BCUT2D eigenvalue weighted by Gasteiger charge is -2.10. The van der Waals surface area contributed by atoms with Crippen molar-refractivity contribution in [3.8, 4) is 11.5 Å². The van der Waals surface area contributed by atoms with E-state index in [-0.39, 0.29) is 11.6 Å². The van der Waals surface area contributed by atoms with E-state index in [0.29, 0.717) is 21.9 Å². The van der Waals surface area contributed by atoms with Gasteiger partial charge in [-0.15, -0.1) is 11.6 Å². The number of hydrogen-bond donors (Lipinski definition) is 0. The Morgan fingerprint density at radius 3 is 2.67 bits per heavy atom. The number of nitrogens with zero attached hydrogens (tertiary/aromatic N) is 1. The van der Waals surface area contributed by atoms with E-state index in [0.717, 1.165) is 5.39 Å². The van der Waals surface area contributed by atoms with Gasteiger partial charge in [0.25, 0.3) is 0 Å². The van der Waals surface area contributed by atoms with Crippen LogP contribution in [0.5, 0.6) is 11.5 Å². The van der Waals surface area contributed by atoms with Gasteiger partial charge in [-0.2, -0.15) is 0 Å². The average molecular weight is 322 g/mol. The van der Waals surface area contributed by atoms with Gasteiger partial charge in [0.1, 0.15) is 5.52 Å². The largest absolute Gasteiger partial charge is 0.452 e. The van der Waals surface area contributed by atoms with Crippen LogP contribution >= 0.6 is 23.2 Å². The van der Waals surface area contributed by atoms with Gasteiger partial charge in [0, 0.05) is 17.5 Å². The zero-order chi connectivity index (χ0) is 14.8. The lowest BCUT2D eigenvalue weighted by molar-refractivity contribution is 0.445. The number of fused-ring (bicyclic) bond motifs is 1. The number of rotatable bonds is 3. The monoisotopic (exact) mass is 321 g/mol. The summed E-state index contributed by atoms with van der Waals surface area (Å²) in [4.78, 5) is 4.25. The maximum absolute atomic E-state index is 14.0. The Morgan fingerprint density at radius 1 is 1.10 bits per heavy atom. The molecule has 2 nitrogen and oxygen atoms in total. The summed E-state index contributed by atoms with van der Waals surface area (Å²) in [6.45, 7) is 0. The summed E-state index contributed by atoms with van der Waals surface area (Å²) in [5.41, 5.74) is 1.28. The molecule has 0 unspecified atom stereocenters. The van der Waals surface area contributed by atoms with Crippen LogP contribution in [0.15, 0.2) is 48.7 Å². The third-order valence-electron chi connectivity index (χ3n) is 3.05. The molecule has 21 heavy (non-hydrogen) atoms. The average Bonchev–Trinajstić information content (AvgIpc) is 2.52. The van der Waals surface area contributed by atoms with Crippen LogP contribution in [0.25, 0.3) is 10.9 Å². The number of aromatic nitrogens is 1. The van der Waals surface area contributed by atoms with Gasteiger partial charge >= 0.3 is 0 Å². The molecule has 0 spiro atoms. The summed E-state index contributed by atoms with van der Waals surface area (Å²) >= 11 is 11.8. The lowest BCUT2D eigenvalue weighted by atomic mass is 10.2. The number of ether oxygens (including phenoxy) is 1. The van der Waals surface area contributed by atoms with E-state index in [1.165, 1.54) is 6.07 Å². The Bertz CT molecular complexity index is 807. The van der Waals surface area contributed by atoms with E-state index in [4.69, 9.17) is 27.9 Å². The summed E-state index contributed by atoms with van der Waals surface area (Å²) in [5, 5.41) is 1.33. The number of benzene rings is 2. The van der Waals surface area contributed by atoms with Crippen molar-refractivity contribution in [2.45, 2.75) is 5.88 Å². The Balaban J connectivity index is 2.04. The number of halogens is 3. The highest BCUT2D eigenvalue weighted by molar-refractivity contribution is 6.35. The first-order valence-corrected chi connectivity index (χ1v) is 7.16. The van der Waals surface area contributed by atoms with Crippen LogP contribution in [0, 0.1) is 5.82 Å². The molecule has 0 saturated carbocycles. The van der Waals surface area contributed by atoms with Crippen LogP contribution in [0.2, 0.25) is 5.02 Å². The first-order chi connectivity index (χ1) is 10.2. The molecule has 0 amide bonds. The van der Waals surface area contributed by atoms with Crippen LogP contribution in [-0.4, -0.2) is 4.98 Å². The van der Waals surface area contributed by atoms with E-state index < -0.39 is 5.82 Å². The van der Waals surface area contributed by atoms with E-state index in [1.807, 2.05) is 6.07 Å². The smallest absolute Gasteiger partial charge is 0.166 e. The minimum atomic E-state index is -0.466. The Kier molecular flexibility index (Phi) is 3.95. The molecule has 0 radical (unpaired) electrons. The van der Waals surface area contributed by atoms with Crippen molar-refractivity contribution < 1.29 is 9.13 Å². The van der Waals surface area contributed by atoms with E-state index in [2.05, 4.69) is 4.98 Å². The van der Waals surface area contributed by atoms with Crippen molar-refractivity contribution in [1.82, 2.24) is 4.98 Å². The molecule has 0 aliphatic carbocycles. The lowest BCUT2D eigenvalue weighted by Crippen LogP contribution is -1.92. The molecule has 3 aromatic rings. The number of pyridine rings is 1. The first kappa shape index (κ1) is 14.1. The summed E-state index contributed by atoms with van der Waals surface area (Å²) in [6.07, 6.45) is 1.64. The predicted octanol–water partition coefficient (Wildman–Crippen LogP) is 5.56.